The molecule has 1 N–H and O–H groups in total. The number of rotatable bonds is 5. The second-order valence-electron chi connectivity index (χ2n) is 7.10. The molecule has 0 unspecified atom stereocenters. The van der Waals surface area contributed by atoms with Gasteiger partial charge >= 0.3 is 0 Å². The normalized spacial score (nSPS) is 17.3. The van der Waals surface area contributed by atoms with Gasteiger partial charge in [-0.3, -0.25) is 9.59 Å². The number of amides is 1. The maximum Gasteiger partial charge on any atom is 0.223 e. The number of benzene rings is 1. The van der Waals surface area contributed by atoms with Gasteiger partial charge in [0, 0.05) is 31.5 Å². The van der Waals surface area contributed by atoms with E-state index < -0.39 is 0 Å². The minimum Gasteiger partial charge on any atom is -0.343 e. The van der Waals surface area contributed by atoms with Gasteiger partial charge in [0.25, 0.3) is 0 Å². The zero-order chi connectivity index (χ0) is 16.9. The van der Waals surface area contributed by atoms with Crippen LogP contribution < -0.4 is 5.32 Å². The molecule has 138 valence electrons. The predicted octanol–water partition coefficient (Wildman–Crippen LogP) is 3.16. The molecule has 0 saturated carbocycles. The largest absolute Gasteiger partial charge is 0.343 e. The number of nitrogens with one attached hydrogen (secondary N) is 1. The highest BCUT2D eigenvalue weighted by Gasteiger charge is 2.22. The molecule has 1 fully saturated rings. The van der Waals surface area contributed by atoms with Crippen molar-refractivity contribution in [1.29, 1.82) is 0 Å². The van der Waals surface area contributed by atoms with Gasteiger partial charge in [0.1, 0.15) is 0 Å². The molecule has 1 amide bonds. The van der Waals surface area contributed by atoms with E-state index in [1.807, 2.05) is 18.0 Å². The number of piperidine rings is 1. The molecule has 1 aromatic rings. The number of carbonyl (C=O) groups is 2. The quantitative estimate of drug-likeness (QED) is 0.816. The van der Waals surface area contributed by atoms with Gasteiger partial charge in [-0.1, -0.05) is 12.1 Å². The van der Waals surface area contributed by atoms with Crippen molar-refractivity contribution < 1.29 is 9.59 Å². The monoisotopic (exact) mass is 364 g/mol. The van der Waals surface area contributed by atoms with Crippen LogP contribution in [0.3, 0.4) is 0 Å². The molecule has 0 bridgehead atoms. The smallest absolute Gasteiger partial charge is 0.223 e. The van der Waals surface area contributed by atoms with E-state index in [-0.39, 0.29) is 24.1 Å². The van der Waals surface area contributed by atoms with Crippen molar-refractivity contribution in [2.24, 2.45) is 0 Å². The van der Waals surface area contributed by atoms with Gasteiger partial charge in [0.15, 0.2) is 5.78 Å². The van der Waals surface area contributed by atoms with Gasteiger partial charge in [0.2, 0.25) is 5.91 Å². The molecule has 3 rings (SSSR count). The van der Waals surface area contributed by atoms with Crippen LogP contribution in [0.5, 0.6) is 0 Å². The van der Waals surface area contributed by atoms with Crippen LogP contribution in [0, 0.1) is 0 Å². The van der Waals surface area contributed by atoms with Crippen LogP contribution in [0.2, 0.25) is 0 Å². The first-order chi connectivity index (χ1) is 11.6. The van der Waals surface area contributed by atoms with E-state index in [9.17, 15) is 9.59 Å². The number of hydrogen-bond acceptors (Lipinski definition) is 3. The molecule has 1 saturated heterocycles. The number of Topliss-reactive ketones (excluding diaryl/α,β-unsaturated/α-hetero) is 1. The van der Waals surface area contributed by atoms with Gasteiger partial charge in [-0.25, -0.2) is 0 Å². The third-order valence-corrected chi connectivity index (χ3v) is 5.49. The van der Waals surface area contributed by atoms with Crippen LogP contribution in [0.4, 0.5) is 0 Å². The first-order valence-electron chi connectivity index (χ1n) is 9.26. The molecular weight excluding hydrogens is 336 g/mol. The maximum atomic E-state index is 12.5. The lowest BCUT2D eigenvalue weighted by atomic mass is 9.89. The molecular formula is C20H29ClN2O2. The topological polar surface area (TPSA) is 49.4 Å². The highest BCUT2D eigenvalue weighted by Crippen LogP contribution is 2.23. The molecule has 1 aromatic carbocycles. The molecule has 5 heteroatoms. The Morgan fingerprint density at radius 3 is 2.48 bits per heavy atom. The molecule has 1 aliphatic heterocycles. The number of fused-ring (bicyclic) bond motifs is 1. The number of nitrogens with zero attached hydrogens (tertiary/aromatic N) is 1. The van der Waals surface area contributed by atoms with Crippen molar-refractivity contribution in [3.63, 3.8) is 0 Å². The lowest BCUT2D eigenvalue weighted by Gasteiger charge is -2.31. The summed E-state index contributed by atoms with van der Waals surface area (Å²) in [6, 6.07) is 6.41. The molecule has 4 nitrogen and oxygen atoms in total. The van der Waals surface area contributed by atoms with Crippen molar-refractivity contribution in [2.45, 2.75) is 57.4 Å². The number of ketones is 1. The molecule has 0 radical (unpaired) electrons. The maximum absolute atomic E-state index is 12.5. The molecule has 0 aromatic heterocycles. The van der Waals surface area contributed by atoms with Crippen LogP contribution in [0.1, 0.15) is 60.0 Å². The average Bonchev–Trinajstić information content (AvgIpc) is 2.65. The number of aryl methyl sites for hydroxylation is 2. The van der Waals surface area contributed by atoms with E-state index in [4.69, 9.17) is 0 Å². The first-order valence-corrected chi connectivity index (χ1v) is 9.26. The molecule has 25 heavy (non-hydrogen) atoms. The summed E-state index contributed by atoms with van der Waals surface area (Å²) in [5.74, 6) is 0.184. The van der Waals surface area contributed by atoms with Crippen LogP contribution in [0.15, 0.2) is 18.2 Å². The van der Waals surface area contributed by atoms with Crippen LogP contribution in [-0.2, 0) is 17.6 Å². The standard InChI is InChI=1S/C20H28N2O2.ClH/c1-22(18-10-12-21-13-11-18)20(24)9-8-19(23)17-7-6-15-4-2-3-5-16(15)14-17;/h6-7,14,18,21H,2-5,8-13H2,1H3;1H. The number of halogens is 1. The van der Waals surface area contributed by atoms with E-state index in [0.717, 1.165) is 44.3 Å². The Kier molecular flexibility index (Phi) is 7.45. The summed E-state index contributed by atoms with van der Waals surface area (Å²) in [7, 11) is 1.88. The highest BCUT2D eigenvalue weighted by atomic mass is 35.5. The van der Waals surface area contributed by atoms with Crippen molar-refractivity contribution >= 4 is 24.1 Å². The van der Waals surface area contributed by atoms with E-state index >= 15 is 0 Å². The van der Waals surface area contributed by atoms with Gasteiger partial charge in [-0.2, -0.15) is 0 Å². The Bertz CT molecular complexity index is 612. The van der Waals surface area contributed by atoms with Crippen molar-refractivity contribution in [3.05, 3.63) is 34.9 Å². The Morgan fingerprint density at radius 2 is 1.76 bits per heavy atom. The van der Waals surface area contributed by atoms with Crippen LogP contribution >= 0.6 is 12.4 Å². The molecule has 2 aliphatic rings. The highest BCUT2D eigenvalue weighted by molar-refractivity contribution is 5.98. The van der Waals surface area contributed by atoms with Gasteiger partial charge in [-0.15, -0.1) is 12.4 Å². The van der Waals surface area contributed by atoms with Crippen molar-refractivity contribution in [2.75, 3.05) is 20.1 Å². The minimum absolute atomic E-state index is 0. The van der Waals surface area contributed by atoms with Crippen molar-refractivity contribution in [3.8, 4) is 0 Å². The van der Waals surface area contributed by atoms with E-state index in [0.29, 0.717) is 18.9 Å². The molecule has 0 atom stereocenters. The summed E-state index contributed by atoms with van der Waals surface area (Å²) in [6.45, 7) is 1.94. The fourth-order valence-corrected chi connectivity index (χ4v) is 3.85. The second kappa shape index (κ2) is 9.35. The van der Waals surface area contributed by atoms with Gasteiger partial charge in [0.05, 0.1) is 0 Å². The fourth-order valence-electron chi connectivity index (χ4n) is 3.85. The Labute approximate surface area is 156 Å². The Hall–Kier alpha value is -1.39. The second-order valence-corrected chi connectivity index (χ2v) is 7.10. The van der Waals surface area contributed by atoms with E-state index in [2.05, 4.69) is 17.4 Å². The zero-order valence-electron chi connectivity index (χ0n) is 15.1. The molecule has 0 spiro atoms. The SMILES string of the molecule is CN(C(=O)CCC(=O)c1ccc2c(c1)CCCC2)C1CCNCC1.Cl. The van der Waals surface area contributed by atoms with E-state index in [1.54, 1.807) is 0 Å². The summed E-state index contributed by atoms with van der Waals surface area (Å²) in [5.41, 5.74) is 3.48. The summed E-state index contributed by atoms with van der Waals surface area (Å²) in [4.78, 5) is 26.7. The lowest BCUT2D eigenvalue weighted by Crippen LogP contribution is -2.44. The summed E-state index contributed by atoms with van der Waals surface area (Å²) < 4.78 is 0. The van der Waals surface area contributed by atoms with Gasteiger partial charge in [-0.05, 0) is 68.8 Å². The van der Waals surface area contributed by atoms with Crippen LogP contribution in [0.25, 0.3) is 0 Å². The number of hydrogen-bond donors (Lipinski definition) is 1. The summed E-state index contributed by atoms with van der Waals surface area (Å²) >= 11 is 0. The lowest BCUT2D eigenvalue weighted by molar-refractivity contribution is -0.132. The summed E-state index contributed by atoms with van der Waals surface area (Å²) in [6.07, 6.45) is 7.30. The third-order valence-electron chi connectivity index (χ3n) is 5.49. The third kappa shape index (κ3) is 5.05. The predicted molar refractivity (Wildman–Crippen MR) is 103 cm³/mol. The van der Waals surface area contributed by atoms with Crippen molar-refractivity contribution in [1.82, 2.24) is 10.2 Å². The Balaban J connectivity index is 0.00000225. The first kappa shape index (κ1) is 19.9. The number of carbonyl (C=O) groups excluding carboxylic acids is 2. The fraction of sp³-hybridized carbons (Fsp3) is 0.600. The van der Waals surface area contributed by atoms with Gasteiger partial charge < -0.3 is 10.2 Å². The minimum atomic E-state index is 0. The molecule has 1 aliphatic carbocycles. The van der Waals surface area contributed by atoms with Crippen LogP contribution in [-0.4, -0.2) is 42.8 Å². The van der Waals surface area contributed by atoms with E-state index in [1.165, 1.54) is 24.0 Å². The summed E-state index contributed by atoms with van der Waals surface area (Å²) in [5, 5.41) is 3.31. The zero-order valence-corrected chi connectivity index (χ0v) is 15.9. The molecule has 1 heterocycles. The average molecular weight is 365 g/mol. The Morgan fingerprint density at radius 1 is 1.08 bits per heavy atom.